The van der Waals surface area contributed by atoms with E-state index >= 15 is 0 Å². The second-order valence-corrected chi connectivity index (χ2v) is 7.31. The molecule has 2 aromatic rings. The molecule has 0 radical (unpaired) electrons. The van der Waals surface area contributed by atoms with Crippen LogP contribution in [-0.2, 0) is 6.42 Å². The van der Waals surface area contributed by atoms with Gasteiger partial charge in [-0.15, -0.1) is 0 Å². The van der Waals surface area contributed by atoms with Gasteiger partial charge in [-0.1, -0.05) is 24.7 Å². The van der Waals surface area contributed by atoms with Crippen molar-refractivity contribution in [3.8, 4) is 0 Å². The number of likely N-dealkylation sites (N-methyl/N-ethyl adjacent to an activating group) is 1. The largest absolute Gasteiger partial charge is 0.477 e. The molecule has 0 bridgehead atoms. The zero-order valence-electron chi connectivity index (χ0n) is 14.7. The van der Waals surface area contributed by atoms with Crippen molar-refractivity contribution in [2.45, 2.75) is 19.8 Å². The normalized spacial score (nSPS) is 15.4. The fraction of sp³-hybridized carbons (Fsp3) is 0.444. The van der Waals surface area contributed by atoms with E-state index in [9.17, 15) is 9.90 Å². The van der Waals surface area contributed by atoms with Gasteiger partial charge in [0.1, 0.15) is 4.88 Å². The molecular formula is C18H24N4O2S. The van der Waals surface area contributed by atoms with Gasteiger partial charge < -0.3 is 20.2 Å². The van der Waals surface area contributed by atoms with Crippen LogP contribution in [0.4, 0.5) is 16.5 Å². The lowest BCUT2D eigenvalue weighted by molar-refractivity contribution is 0.0700. The number of aromatic carboxylic acids is 1. The second kappa shape index (κ2) is 7.84. The van der Waals surface area contributed by atoms with Gasteiger partial charge in [-0.05, 0) is 37.7 Å². The highest BCUT2D eigenvalue weighted by atomic mass is 32.1. The average molecular weight is 360 g/mol. The molecule has 1 aliphatic heterocycles. The predicted molar refractivity (Wildman–Crippen MR) is 103 cm³/mol. The quantitative estimate of drug-likeness (QED) is 0.824. The number of aryl methyl sites for hydroxylation is 1. The van der Waals surface area contributed by atoms with Gasteiger partial charge in [-0.3, -0.25) is 0 Å². The molecule has 0 saturated carbocycles. The summed E-state index contributed by atoms with van der Waals surface area (Å²) in [7, 11) is 2.15. The van der Waals surface area contributed by atoms with Crippen LogP contribution >= 0.6 is 11.3 Å². The summed E-state index contributed by atoms with van der Waals surface area (Å²) in [4.78, 5) is 20.8. The Balaban J connectivity index is 1.69. The van der Waals surface area contributed by atoms with Crippen LogP contribution in [0.15, 0.2) is 24.3 Å². The predicted octanol–water partition coefficient (Wildman–Crippen LogP) is 3.29. The van der Waals surface area contributed by atoms with Crippen molar-refractivity contribution in [1.29, 1.82) is 0 Å². The lowest BCUT2D eigenvalue weighted by Crippen LogP contribution is -2.44. The first-order chi connectivity index (χ1) is 12.1. The molecule has 0 atom stereocenters. The first-order valence-electron chi connectivity index (χ1n) is 8.60. The second-order valence-electron chi connectivity index (χ2n) is 6.31. The Kier molecular flexibility index (Phi) is 5.55. The van der Waals surface area contributed by atoms with Crippen LogP contribution < -0.4 is 10.2 Å². The highest BCUT2D eigenvalue weighted by Crippen LogP contribution is 2.28. The molecule has 1 aromatic heterocycles. The molecule has 1 aliphatic rings. The molecule has 6 nitrogen and oxygen atoms in total. The van der Waals surface area contributed by atoms with E-state index in [0.717, 1.165) is 38.3 Å². The summed E-state index contributed by atoms with van der Waals surface area (Å²) in [6, 6.07) is 8.25. The van der Waals surface area contributed by atoms with Crippen LogP contribution in [0.2, 0.25) is 0 Å². The highest BCUT2D eigenvalue weighted by molar-refractivity contribution is 7.17. The molecule has 2 N–H and O–H groups in total. The molecule has 134 valence electrons. The molecule has 25 heavy (non-hydrogen) atoms. The smallest absolute Gasteiger partial charge is 0.347 e. The summed E-state index contributed by atoms with van der Waals surface area (Å²) >= 11 is 1.20. The molecule has 3 rings (SSSR count). The molecule has 1 fully saturated rings. The van der Waals surface area contributed by atoms with Crippen LogP contribution in [0.5, 0.6) is 0 Å². The van der Waals surface area contributed by atoms with Gasteiger partial charge in [-0.25, -0.2) is 9.78 Å². The monoisotopic (exact) mass is 360 g/mol. The molecule has 1 aromatic carbocycles. The van der Waals surface area contributed by atoms with E-state index in [1.165, 1.54) is 17.0 Å². The SMILES string of the molecule is CCCc1nc(Nc2ccc(N3CCN(C)CC3)cc2)sc1C(=O)O. The zero-order chi connectivity index (χ0) is 17.8. The fourth-order valence-corrected chi connectivity index (χ4v) is 3.79. The number of carboxylic acids is 1. The van der Waals surface area contributed by atoms with Gasteiger partial charge in [0.05, 0.1) is 5.69 Å². The van der Waals surface area contributed by atoms with E-state index in [2.05, 4.69) is 39.3 Å². The van der Waals surface area contributed by atoms with Crippen molar-refractivity contribution in [1.82, 2.24) is 9.88 Å². The Hall–Kier alpha value is -2.12. The number of anilines is 3. The first-order valence-corrected chi connectivity index (χ1v) is 9.42. The third-order valence-electron chi connectivity index (χ3n) is 4.37. The summed E-state index contributed by atoms with van der Waals surface area (Å²) in [5, 5.41) is 13.2. The number of hydrogen-bond donors (Lipinski definition) is 2. The van der Waals surface area contributed by atoms with Gasteiger partial charge >= 0.3 is 5.97 Å². The van der Waals surface area contributed by atoms with Crippen molar-refractivity contribution < 1.29 is 9.90 Å². The summed E-state index contributed by atoms with van der Waals surface area (Å²) in [6.07, 6.45) is 1.56. The summed E-state index contributed by atoms with van der Waals surface area (Å²) in [5.74, 6) is -0.903. The van der Waals surface area contributed by atoms with Crippen LogP contribution in [0, 0.1) is 0 Å². The third kappa shape index (κ3) is 4.29. The zero-order valence-corrected chi connectivity index (χ0v) is 15.5. The Bertz CT molecular complexity index is 721. The maximum Gasteiger partial charge on any atom is 0.347 e. The van der Waals surface area contributed by atoms with Crippen molar-refractivity contribution in [2.75, 3.05) is 43.4 Å². The number of rotatable bonds is 6. The molecule has 0 amide bonds. The topological polar surface area (TPSA) is 68.7 Å². The minimum atomic E-state index is -0.903. The Morgan fingerprint density at radius 1 is 1.24 bits per heavy atom. The number of benzene rings is 1. The number of thiazole rings is 1. The average Bonchev–Trinajstić information content (AvgIpc) is 2.99. The van der Waals surface area contributed by atoms with Crippen molar-refractivity contribution in [3.63, 3.8) is 0 Å². The van der Waals surface area contributed by atoms with E-state index in [1.807, 2.05) is 19.1 Å². The molecule has 0 spiro atoms. The number of carbonyl (C=O) groups is 1. The van der Waals surface area contributed by atoms with E-state index in [0.29, 0.717) is 22.1 Å². The van der Waals surface area contributed by atoms with Gasteiger partial charge in [0.25, 0.3) is 0 Å². The molecule has 1 saturated heterocycles. The summed E-state index contributed by atoms with van der Waals surface area (Å²) in [6.45, 7) is 6.26. The lowest BCUT2D eigenvalue weighted by Gasteiger charge is -2.34. The van der Waals surface area contributed by atoms with Crippen LogP contribution in [-0.4, -0.2) is 54.2 Å². The maximum atomic E-state index is 11.3. The van der Waals surface area contributed by atoms with Gasteiger partial charge in [-0.2, -0.15) is 0 Å². The lowest BCUT2D eigenvalue weighted by atomic mass is 10.2. The molecule has 7 heteroatoms. The Labute approximate surface area is 152 Å². The van der Waals surface area contributed by atoms with Crippen LogP contribution in [0.25, 0.3) is 0 Å². The minimum absolute atomic E-state index is 0.332. The van der Waals surface area contributed by atoms with Crippen LogP contribution in [0.3, 0.4) is 0 Å². The number of nitrogens with zero attached hydrogens (tertiary/aromatic N) is 3. The van der Waals surface area contributed by atoms with E-state index < -0.39 is 5.97 Å². The van der Waals surface area contributed by atoms with Crippen molar-refractivity contribution in [3.05, 3.63) is 34.8 Å². The number of carboxylic acid groups (broad SMARTS) is 1. The van der Waals surface area contributed by atoms with E-state index in [1.54, 1.807) is 0 Å². The molecular weight excluding hydrogens is 336 g/mol. The summed E-state index contributed by atoms with van der Waals surface area (Å²) in [5.41, 5.74) is 2.80. The van der Waals surface area contributed by atoms with E-state index in [-0.39, 0.29) is 0 Å². The fourth-order valence-electron chi connectivity index (χ4n) is 2.92. The minimum Gasteiger partial charge on any atom is -0.477 e. The standard InChI is InChI=1S/C18H24N4O2S/c1-3-4-15-16(17(23)24)25-18(20-15)19-13-5-7-14(8-6-13)22-11-9-21(2)10-12-22/h5-8H,3-4,9-12H2,1-2H3,(H,19,20)(H,23,24). The van der Waals surface area contributed by atoms with Gasteiger partial charge in [0.15, 0.2) is 5.13 Å². The van der Waals surface area contributed by atoms with Gasteiger partial charge in [0.2, 0.25) is 0 Å². The molecule has 0 unspecified atom stereocenters. The third-order valence-corrected chi connectivity index (χ3v) is 5.37. The van der Waals surface area contributed by atoms with Crippen LogP contribution in [0.1, 0.15) is 28.7 Å². The van der Waals surface area contributed by atoms with E-state index in [4.69, 9.17) is 0 Å². The number of hydrogen-bond acceptors (Lipinski definition) is 6. The summed E-state index contributed by atoms with van der Waals surface area (Å²) < 4.78 is 0. The first kappa shape index (κ1) is 17.7. The highest BCUT2D eigenvalue weighted by Gasteiger charge is 2.17. The van der Waals surface area contributed by atoms with Crippen molar-refractivity contribution >= 4 is 33.8 Å². The number of piperazine rings is 1. The number of aromatic nitrogens is 1. The Morgan fingerprint density at radius 3 is 2.52 bits per heavy atom. The van der Waals surface area contributed by atoms with Gasteiger partial charge in [0, 0.05) is 37.6 Å². The maximum absolute atomic E-state index is 11.3. The Morgan fingerprint density at radius 2 is 1.92 bits per heavy atom. The molecule has 2 heterocycles. The molecule has 0 aliphatic carbocycles. The van der Waals surface area contributed by atoms with Crippen molar-refractivity contribution in [2.24, 2.45) is 0 Å². The number of nitrogens with one attached hydrogen (secondary N) is 1.